The number of carbonyl (C=O) groups is 1. The molecular formula is C25H31N5O3S. The summed E-state index contributed by atoms with van der Waals surface area (Å²) in [7, 11) is -3.14. The molecular weight excluding hydrogens is 450 g/mol. The molecule has 34 heavy (non-hydrogen) atoms. The summed E-state index contributed by atoms with van der Waals surface area (Å²) in [6.07, 6.45) is 5.02. The average Bonchev–Trinajstić information content (AvgIpc) is 3.22. The molecule has 0 atom stereocenters. The number of piperazine rings is 1. The highest BCUT2D eigenvalue weighted by atomic mass is 32.2. The van der Waals surface area contributed by atoms with E-state index in [1.165, 1.54) is 16.1 Å². The Balaban J connectivity index is 1.28. The molecule has 2 heterocycles. The van der Waals surface area contributed by atoms with Crippen molar-refractivity contribution in [2.75, 3.05) is 32.4 Å². The number of nitrogens with one attached hydrogen (secondary N) is 1. The van der Waals surface area contributed by atoms with E-state index in [2.05, 4.69) is 31.9 Å². The first-order valence-electron chi connectivity index (χ1n) is 11.4. The van der Waals surface area contributed by atoms with Crippen LogP contribution in [0.3, 0.4) is 0 Å². The number of nitrogens with zero attached hydrogens (tertiary/aromatic N) is 4. The molecule has 8 nitrogen and oxygen atoms in total. The second-order valence-electron chi connectivity index (χ2n) is 8.74. The Morgan fingerprint density at radius 1 is 0.971 bits per heavy atom. The predicted octanol–water partition coefficient (Wildman–Crippen LogP) is 2.25. The van der Waals surface area contributed by atoms with Crippen molar-refractivity contribution in [1.82, 2.24) is 24.1 Å². The van der Waals surface area contributed by atoms with Crippen LogP contribution in [0.15, 0.2) is 60.9 Å². The third-order valence-corrected chi connectivity index (χ3v) is 7.45. The van der Waals surface area contributed by atoms with Crippen LogP contribution in [-0.4, -0.2) is 65.5 Å². The molecule has 0 bridgehead atoms. The molecule has 1 fully saturated rings. The number of carbonyl (C=O) groups excluding carboxylic acids is 1. The molecule has 180 valence electrons. The fraction of sp³-hybridized carbons (Fsp3) is 0.360. The summed E-state index contributed by atoms with van der Waals surface area (Å²) in [5, 5.41) is 3.00. The molecule has 0 saturated carbocycles. The third-order valence-electron chi connectivity index (χ3n) is 6.15. The van der Waals surface area contributed by atoms with E-state index in [0.717, 1.165) is 23.5 Å². The van der Waals surface area contributed by atoms with Crippen molar-refractivity contribution in [3.8, 4) is 0 Å². The maximum absolute atomic E-state index is 12.7. The average molecular weight is 482 g/mol. The first-order valence-corrected chi connectivity index (χ1v) is 13.2. The first-order chi connectivity index (χ1) is 16.3. The van der Waals surface area contributed by atoms with Crippen molar-refractivity contribution in [1.29, 1.82) is 0 Å². The molecule has 0 unspecified atom stereocenters. The molecule has 1 amide bonds. The number of benzene rings is 2. The van der Waals surface area contributed by atoms with E-state index < -0.39 is 10.0 Å². The Kier molecular flexibility index (Phi) is 7.45. The van der Waals surface area contributed by atoms with Crippen LogP contribution in [0, 0.1) is 6.92 Å². The van der Waals surface area contributed by atoms with Crippen molar-refractivity contribution in [3.05, 3.63) is 89.0 Å². The van der Waals surface area contributed by atoms with Crippen molar-refractivity contribution < 1.29 is 13.2 Å². The van der Waals surface area contributed by atoms with Gasteiger partial charge in [0.2, 0.25) is 10.0 Å². The van der Waals surface area contributed by atoms with Gasteiger partial charge in [-0.15, -0.1) is 0 Å². The Morgan fingerprint density at radius 2 is 1.68 bits per heavy atom. The Bertz CT molecular complexity index is 1230. The lowest BCUT2D eigenvalue weighted by atomic mass is 10.1. The predicted molar refractivity (Wildman–Crippen MR) is 132 cm³/mol. The van der Waals surface area contributed by atoms with E-state index in [4.69, 9.17) is 0 Å². The summed E-state index contributed by atoms with van der Waals surface area (Å²) in [5.74, 6) is 0.872. The van der Waals surface area contributed by atoms with Gasteiger partial charge in [0.15, 0.2) is 0 Å². The number of hydrogen-bond acceptors (Lipinski definition) is 5. The van der Waals surface area contributed by atoms with E-state index in [1.54, 1.807) is 6.20 Å². The second-order valence-corrected chi connectivity index (χ2v) is 10.7. The van der Waals surface area contributed by atoms with Gasteiger partial charge in [-0.1, -0.05) is 36.4 Å². The summed E-state index contributed by atoms with van der Waals surface area (Å²) in [5.41, 5.74) is 3.89. The highest BCUT2D eigenvalue weighted by Gasteiger charge is 2.23. The topological polar surface area (TPSA) is 87.5 Å². The van der Waals surface area contributed by atoms with Gasteiger partial charge in [-0.2, -0.15) is 4.31 Å². The molecule has 1 saturated heterocycles. The number of rotatable bonds is 8. The van der Waals surface area contributed by atoms with Gasteiger partial charge in [-0.05, 0) is 35.7 Å². The summed E-state index contributed by atoms with van der Waals surface area (Å²) >= 11 is 0. The fourth-order valence-corrected chi connectivity index (χ4v) is 4.93. The van der Waals surface area contributed by atoms with Crippen molar-refractivity contribution in [3.63, 3.8) is 0 Å². The van der Waals surface area contributed by atoms with Gasteiger partial charge < -0.3 is 9.88 Å². The molecule has 2 aromatic carbocycles. The molecule has 4 rings (SSSR count). The SMILES string of the molecule is Cc1nccn1Cc1ccc(CNC(=O)c2cccc(CN3CCN(S(C)(=O)=O)CC3)c2)cc1. The third kappa shape index (κ3) is 6.31. The molecule has 3 aromatic rings. The zero-order valence-electron chi connectivity index (χ0n) is 19.6. The van der Waals surface area contributed by atoms with Crippen LogP contribution in [0.5, 0.6) is 0 Å². The van der Waals surface area contributed by atoms with Gasteiger partial charge in [0.1, 0.15) is 5.82 Å². The number of hydrogen-bond donors (Lipinski definition) is 1. The summed E-state index contributed by atoms with van der Waals surface area (Å²) in [4.78, 5) is 19.2. The molecule has 0 radical (unpaired) electrons. The minimum Gasteiger partial charge on any atom is -0.348 e. The van der Waals surface area contributed by atoms with Crippen molar-refractivity contribution in [2.24, 2.45) is 0 Å². The number of aromatic nitrogens is 2. The molecule has 0 spiro atoms. The lowest BCUT2D eigenvalue weighted by Crippen LogP contribution is -2.47. The van der Waals surface area contributed by atoms with E-state index >= 15 is 0 Å². The molecule has 9 heteroatoms. The van der Waals surface area contributed by atoms with Gasteiger partial charge >= 0.3 is 0 Å². The maximum Gasteiger partial charge on any atom is 0.251 e. The van der Waals surface area contributed by atoms with Crippen LogP contribution < -0.4 is 5.32 Å². The number of sulfonamides is 1. The summed E-state index contributed by atoms with van der Waals surface area (Å²) < 4.78 is 27.0. The standard InChI is InChI=1S/C25H31N5O3S/c1-20-26-10-11-29(20)19-22-8-6-21(7-9-22)17-27-25(31)24-5-3-4-23(16-24)18-28-12-14-30(15-13-28)34(2,32)33/h3-11,16H,12-15,17-19H2,1-2H3,(H,27,31). The maximum atomic E-state index is 12.7. The van der Waals surface area contributed by atoms with Gasteiger partial charge in [0.25, 0.3) is 5.91 Å². The Hall–Kier alpha value is -3.01. The zero-order valence-corrected chi connectivity index (χ0v) is 20.5. The zero-order chi connectivity index (χ0) is 24.1. The Labute approximate surface area is 201 Å². The van der Waals surface area contributed by atoms with Crippen molar-refractivity contribution >= 4 is 15.9 Å². The van der Waals surface area contributed by atoms with Crippen LogP contribution in [0.4, 0.5) is 0 Å². The summed E-state index contributed by atoms with van der Waals surface area (Å²) in [6, 6.07) is 15.8. The van der Waals surface area contributed by atoms with Crippen LogP contribution >= 0.6 is 0 Å². The van der Waals surface area contributed by atoms with E-state index in [0.29, 0.717) is 44.8 Å². The minimum absolute atomic E-state index is 0.109. The lowest BCUT2D eigenvalue weighted by Gasteiger charge is -2.33. The highest BCUT2D eigenvalue weighted by Crippen LogP contribution is 2.13. The minimum atomic E-state index is -3.14. The smallest absolute Gasteiger partial charge is 0.251 e. The molecule has 1 aromatic heterocycles. The molecule has 1 aliphatic rings. The first kappa shape index (κ1) is 24.1. The highest BCUT2D eigenvalue weighted by molar-refractivity contribution is 7.88. The second kappa shape index (κ2) is 10.5. The van der Waals surface area contributed by atoms with Gasteiger partial charge in [-0.3, -0.25) is 9.69 Å². The molecule has 1 aliphatic heterocycles. The fourth-order valence-electron chi connectivity index (χ4n) is 4.10. The largest absolute Gasteiger partial charge is 0.348 e. The number of amides is 1. The quantitative estimate of drug-likeness (QED) is 0.533. The number of aryl methyl sites for hydroxylation is 1. The molecule has 1 N–H and O–H groups in total. The van der Waals surface area contributed by atoms with E-state index in [9.17, 15) is 13.2 Å². The van der Waals surface area contributed by atoms with Gasteiger partial charge in [-0.25, -0.2) is 13.4 Å². The van der Waals surface area contributed by atoms with E-state index in [-0.39, 0.29) is 5.91 Å². The van der Waals surface area contributed by atoms with Crippen molar-refractivity contribution in [2.45, 2.75) is 26.6 Å². The van der Waals surface area contributed by atoms with Crippen LogP contribution in [0.25, 0.3) is 0 Å². The van der Waals surface area contributed by atoms with Crippen LogP contribution in [0.1, 0.15) is 32.9 Å². The van der Waals surface area contributed by atoms with Crippen LogP contribution in [-0.2, 0) is 29.7 Å². The normalized spacial score (nSPS) is 15.4. The number of imidazole rings is 1. The monoisotopic (exact) mass is 481 g/mol. The van der Waals surface area contributed by atoms with Crippen LogP contribution in [0.2, 0.25) is 0 Å². The van der Waals surface area contributed by atoms with Gasteiger partial charge in [0, 0.05) is 63.8 Å². The Morgan fingerprint density at radius 3 is 2.32 bits per heavy atom. The van der Waals surface area contributed by atoms with E-state index in [1.807, 2.05) is 49.5 Å². The molecule has 0 aliphatic carbocycles. The summed E-state index contributed by atoms with van der Waals surface area (Å²) in [6.45, 7) is 6.27. The lowest BCUT2D eigenvalue weighted by molar-refractivity contribution is 0.0950. The van der Waals surface area contributed by atoms with Gasteiger partial charge in [0.05, 0.1) is 6.26 Å².